The number of hydrogen-bond acceptors (Lipinski definition) is 14. The lowest BCUT2D eigenvalue weighted by molar-refractivity contribution is -0.193. The lowest BCUT2D eigenvalue weighted by Crippen LogP contribution is -2.10. The second-order valence-corrected chi connectivity index (χ2v) is 9.52. The molecule has 0 unspecified atom stereocenters. The van der Waals surface area contributed by atoms with E-state index >= 15 is 0 Å². The summed E-state index contributed by atoms with van der Waals surface area (Å²) in [5, 5.41) is 30.7. The summed E-state index contributed by atoms with van der Waals surface area (Å²) in [5.41, 5.74) is 10.7. The Hall–Kier alpha value is -4.73. The summed E-state index contributed by atoms with van der Waals surface area (Å²) in [6.07, 6.45) is 1.74. The summed E-state index contributed by atoms with van der Waals surface area (Å²) in [6, 6.07) is 13.4. The van der Waals surface area contributed by atoms with Gasteiger partial charge in [0.05, 0.1) is 9.75 Å². The molecular weight excluding hydrogens is 558 g/mol. The van der Waals surface area contributed by atoms with Crippen LogP contribution in [0.5, 0.6) is 0 Å². The molecule has 0 aliphatic carbocycles. The molecule has 0 radical (unpaired) electrons. The van der Waals surface area contributed by atoms with E-state index in [-0.39, 0.29) is 30.1 Å². The van der Waals surface area contributed by atoms with Crippen molar-refractivity contribution >= 4 is 64.1 Å². The van der Waals surface area contributed by atoms with Crippen LogP contribution >= 0.6 is 34.0 Å². The van der Waals surface area contributed by atoms with Gasteiger partial charge in [-0.05, 0) is 56.7 Å². The number of oxime groups is 2. The standard InChI is InChI=1S/C7H10N2OS.C6H8N2OS.C6H5NS.3CO2/c1-2-5-3-4-6(11-5)7(8)9-10;1-4-2-3-5(10-4)6(7)8-9;1-5-2-3-6(4-7)8-5;3*2-1-3/h3-4,10H,2H2,1H3,(H2,8,9);2-3,9H,1H3,(H2,7,8);2-3H,1H3;;;. The van der Waals surface area contributed by atoms with Crippen molar-refractivity contribution in [2.24, 2.45) is 21.8 Å². The minimum atomic E-state index is 0.179. The molecule has 0 aliphatic heterocycles. The van der Waals surface area contributed by atoms with E-state index in [4.69, 9.17) is 55.9 Å². The van der Waals surface area contributed by atoms with Gasteiger partial charge in [0.2, 0.25) is 0 Å². The van der Waals surface area contributed by atoms with Crippen LogP contribution < -0.4 is 11.5 Å². The third-order valence-corrected chi connectivity index (χ3v) is 6.50. The molecular formula is C22H23N5O8S3. The van der Waals surface area contributed by atoms with Crippen molar-refractivity contribution in [2.45, 2.75) is 27.2 Å². The van der Waals surface area contributed by atoms with E-state index < -0.39 is 0 Å². The van der Waals surface area contributed by atoms with Crippen LogP contribution in [0.3, 0.4) is 0 Å². The maximum absolute atomic E-state index is 8.34. The van der Waals surface area contributed by atoms with Crippen LogP contribution in [-0.4, -0.2) is 40.5 Å². The van der Waals surface area contributed by atoms with Crippen molar-refractivity contribution in [2.75, 3.05) is 0 Å². The average molecular weight is 582 g/mol. The number of amidine groups is 2. The van der Waals surface area contributed by atoms with Gasteiger partial charge in [0.25, 0.3) is 0 Å². The highest BCUT2D eigenvalue weighted by Crippen LogP contribution is 2.16. The Balaban J connectivity index is -0.000000421. The highest BCUT2D eigenvalue weighted by Gasteiger charge is 2.02. The molecule has 38 heavy (non-hydrogen) atoms. The predicted octanol–water partition coefficient (Wildman–Crippen LogP) is 2.73. The second-order valence-electron chi connectivity index (χ2n) is 5.77. The molecule has 0 amide bonds. The first kappa shape index (κ1) is 37.8. The average Bonchev–Trinajstić information content (AvgIpc) is 3.66. The molecule has 16 heteroatoms. The number of nitrogens with zero attached hydrogens (tertiary/aromatic N) is 3. The van der Waals surface area contributed by atoms with Crippen LogP contribution in [0.1, 0.15) is 36.2 Å². The zero-order valence-corrected chi connectivity index (χ0v) is 22.7. The van der Waals surface area contributed by atoms with Gasteiger partial charge >= 0.3 is 18.5 Å². The highest BCUT2D eigenvalue weighted by atomic mass is 32.1. The van der Waals surface area contributed by atoms with Crippen molar-refractivity contribution in [3.8, 4) is 6.07 Å². The number of aryl methyl sites for hydroxylation is 3. The van der Waals surface area contributed by atoms with Crippen molar-refractivity contribution in [3.05, 3.63) is 65.7 Å². The molecule has 13 nitrogen and oxygen atoms in total. The molecule has 0 saturated heterocycles. The fraction of sp³-hybridized carbons (Fsp3) is 0.182. The van der Waals surface area contributed by atoms with Crippen molar-refractivity contribution < 1.29 is 39.2 Å². The molecule has 3 rings (SSSR count). The van der Waals surface area contributed by atoms with E-state index in [1.54, 1.807) is 11.3 Å². The molecule has 0 aromatic carbocycles. The van der Waals surface area contributed by atoms with Gasteiger partial charge in [-0.3, -0.25) is 0 Å². The molecule has 6 N–H and O–H groups in total. The minimum absolute atomic E-state index is 0.179. The van der Waals surface area contributed by atoms with E-state index in [0.717, 1.165) is 25.9 Å². The topological polar surface area (TPSA) is 243 Å². The Bertz CT molecular complexity index is 1240. The number of thiophene rings is 3. The summed E-state index contributed by atoms with van der Waals surface area (Å²) in [6.45, 7) is 6.03. The van der Waals surface area contributed by atoms with Gasteiger partial charge in [-0.1, -0.05) is 17.2 Å². The fourth-order valence-corrected chi connectivity index (χ4v) is 4.14. The van der Waals surface area contributed by atoms with E-state index in [0.29, 0.717) is 0 Å². The van der Waals surface area contributed by atoms with Gasteiger partial charge in [0.1, 0.15) is 10.9 Å². The first-order valence-corrected chi connectivity index (χ1v) is 12.1. The van der Waals surface area contributed by atoms with Crippen molar-refractivity contribution in [1.82, 2.24) is 0 Å². The number of nitriles is 1. The smallest absolute Gasteiger partial charge is 0.373 e. The molecule has 3 heterocycles. The molecule has 0 fully saturated rings. The first-order valence-electron chi connectivity index (χ1n) is 9.64. The van der Waals surface area contributed by atoms with E-state index in [9.17, 15) is 0 Å². The summed E-state index contributed by atoms with van der Waals surface area (Å²) < 4.78 is 0. The quantitative estimate of drug-likeness (QED) is 0.151. The van der Waals surface area contributed by atoms with Crippen molar-refractivity contribution in [3.63, 3.8) is 0 Å². The predicted molar refractivity (Wildman–Crippen MR) is 137 cm³/mol. The fourth-order valence-electron chi connectivity index (χ4n) is 1.87. The van der Waals surface area contributed by atoms with Crippen LogP contribution in [0.2, 0.25) is 0 Å². The summed E-state index contributed by atoms with van der Waals surface area (Å²) >= 11 is 4.58. The van der Waals surface area contributed by atoms with Gasteiger partial charge in [-0.25, -0.2) is 0 Å². The molecule has 0 aliphatic rings. The summed E-state index contributed by atoms with van der Waals surface area (Å²) in [4.78, 5) is 54.8. The molecule has 3 aromatic rings. The number of carbonyl (C=O) groups excluding carboxylic acids is 6. The minimum Gasteiger partial charge on any atom is -0.409 e. The maximum atomic E-state index is 8.34. The lowest BCUT2D eigenvalue weighted by atomic mass is 10.3. The van der Waals surface area contributed by atoms with E-state index in [1.807, 2.05) is 50.2 Å². The molecule has 0 atom stereocenters. The van der Waals surface area contributed by atoms with Crippen LogP contribution in [0.15, 0.2) is 46.7 Å². The van der Waals surface area contributed by atoms with E-state index in [2.05, 4.69) is 23.3 Å². The van der Waals surface area contributed by atoms with Crippen LogP contribution in [0, 0.1) is 25.2 Å². The molecule has 202 valence electrons. The van der Waals surface area contributed by atoms with Crippen LogP contribution in [-0.2, 0) is 35.2 Å². The van der Waals surface area contributed by atoms with Gasteiger partial charge in [-0.2, -0.15) is 34.0 Å². The zero-order valence-electron chi connectivity index (χ0n) is 20.2. The Kier molecular flexibility index (Phi) is 25.2. The number of rotatable bonds is 3. The monoisotopic (exact) mass is 581 g/mol. The van der Waals surface area contributed by atoms with Gasteiger partial charge in [-0.15, -0.1) is 34.0 Å². The molecule has 3 aromatic heterocycles. The lowest BCUT2D eigenvalue weighted by Gasteiger charge is -1.89. The highest BCUT2D eigenvalue weighted by molar-refractivity contribution is 7.14. The van der Waals surface area contributed by atoms with Gasteiger partial charge in [0, 0.05) is 14.6 Å². The number of hydrogen-bond donors (Lipinski definition) is 4. The van der Waals surface area contributed by atoms with Crippen LogP contribution in [0.4, 0.5) is 0 Å². The maximum Gasteiger partial charge on any atom is 0.373 e. The van der Waals surface area contributed by atoms with Crippen LogP contribution in [0.25, 0.3) is 0 Å². The normalized spacial score (nSPS) is 9.00. The third-order valence-electron chi connectivity index (χ3n) is 3.32. The molecule has 0 saturated carbocycles. The van der Waals surface area contributed by atoms with Crippen molar-refractivity contribution in [1.29, 1.82) is 5.26 Å². The first-order chi connectivity index (χ1) is 18.1. The SMILES string of the molecule is CCc1ccc(/C(N)=N/O)s1.Cc1ccc(/C(N)=N/O)s1.Cc1ccc(C#N)s1.O=C=O.O=C=O.O=C=O. The largest absolute Gasteiger partial charge is 0.409 e. The third kappa shape index (κ3) is 19.6. The van der Waals surface area contributed by atoms with E-state index in [1.165, 1.54) is 32.4 Å². The van der Waals surface area contributed by atoms with Gasteiger partial charge < -0.3 is 21.9 Å². The molecule has 0 bridgehead atoms. The second kappa shape index (κ2) is 25.4. The number of nitrogens with two attached hydrogens (primary N) is 2. The summed E-state index contributed by atoms with van der Waals surface area (Å²) in [5.74, 6) is 0.368. The Morgan fingerprint density at radius 3 is 1.42 bits per heavy atom. The Morgan fingerprint density at radius 2 is 1.16 bits per heavy atom. The zero-order chi connectivity index (χ0) is 29.9. The Morgan fingerprint density at radius 1 is 0.763 bits per heavy atom. The summed E-state index contributed by atoms with van der Waals surface area (Å²) in [7, 11) is 0. The molecule has 0 spiro atoms. The van der Waals surface area contributed by atoms with Gasteiger partial charge in [0.15, 0.2) is 11.7 Å². The Labute approximate surface area is 228 Å².